The third-order valence-electron chi connectivity index (χ3n) is 1.79. The Morgan fingerprint density at radius 3 is 2.67 bits per heavy atom. The summed E-state index contributed by atoms with van der Waals surface area (Å²) in [6.45, 7) is 3.71. The second kappa shape index (κ2) is 7.10. The van der Waals surface area contributed by atoms with E-state index in [0.717, 1.165) is 12.8 Å². The number of carbonyl (C=O) groups excluding carboxylic acids is 1. The number of hydrogen-bond donors (Lipinski definition) is 2. The minimum Gasteiger partial charge on any atom is -0.387 e. The maximum atomic E-state index is 10.7. The second-order valence-electron chi connectivity index (χ2n) is 3.12. The average Bonchev–Trinajstić information content (AvgIpc) is 2.05. The standard InChI is InChI=1S/C9H19NO2/c1-3-4-5-6-8(2)10-9(12)7-11/h8,11H,3-7H2,1-2H3,(H,10,12). The van der Waals surface area contributed by atoms with Crippen LogP contribution < -0.4 is 5.32 Å². The van der Waals surface area contributed by atoms with Gasteiger partial charge in [0.1, 0.15) is 6.61 Å². The van der Waals surface area contributed by atoms with Crippen LogP contribution in [0.5, 0.6) is 0 Å². The van der Waals surface area contributed by atoms with Gasteiger partial charge in [0.15, 0.2) is 0 Å². The molecule has 12 heavy (non-hydrogen) atoms. The summed E-state index contributed by atoms with van der Waals surface area (Å²) in [6.07, 6.45) is 4.54. The number of unbranched alkanes of at least 4 members (excludes halogenated alkanes) is 2. The lowest BCUT2D eigenvalue weighted by atomic mass is 10.1. The fourth-order valence-electron chi connectivity index (χ4n) is 1.09. The van der Waals surface area contributed by atoms with E-state index in [9.17, 15) is 4.79 Å². The highest BCUT2D eigenvalue weighted by atomic mass is 16.3. The lowest BCUT2D eigenvalue weighted by Crippen LogP contribution is -2.34. The van der Waals surface area contributed by atoms with E-state index in [1.165, 1.54) is 12.8 Å². The molecular weight excluding hydrogens is 154 g/mol. The Hall–Kier alpha value is -0.570. The topological polar surface area (TPSA) is 49.3 Å². The van der Waals surface area contributed by atoms with Gasteiger partial charge in [0.25, 0.3) is 0 Å². The highest BCUT2D eigenvalue weighted by Gasteiger charge is 2.04. The van der Waals surface area contributed by atoms with Gasteiger partial charge in [-0.15, -0.1) is 0 Å². The first-order valence-electron chi connectivity index (χ1n) is 4.61. The predicted molar refractivity (Wildman–Crippen MR) is 48.8 cm³/mol. The van der Waals surface area contributed by atoms with Gasteiger partial charge in [0, 0.05) is 6.04 Å². The molecule has 0 fully saturated rings. The maximum absolute atomic E-state index is 10.7. The molecule has 0 aliphatic rings. The molecule has 0 radical (unpaired) electrons. The molecule has 0 aromatic carbocycles. The van der Waals surface area contributed by atoms with Crippen molar-refractivity contribution in [1.29, 1.82) is 0 Å². The third-order valence-corrected chi connectivity index (χ3v) is 1.79. The summed E-state index contributed by atoms with van der Waals surface area (Å²) in [5.74, 6) is -0.279. The van der Waals surface area contributed by atoms with Crippen LogP contribution in [0.25, 0.3) is 0 Å². The molecule has 0 rings (SSSR count). The number of rotatable bonds is 6. The van der Waals surface area contributed by atoms with E-state index in [2.05, 4.69) is 12.2 Å². The van der Waals surface area contributed by atoms with Gasteiger partial charge < -0.3 is 10.4 Å². The fourth-order valence-corrected chi connectivity index (χ4v) is 1.09. The molecule has 0 spiro atoms. The Balaban J connectivity index is 3.32. The monoisotopic (exact) mass is 173 g/mol. The summed E-state index contributed by atoms with van der Waals surface area (Å²) < 4.78 is 0. The zero-order chi connectivity index (χ0) is 9.40. The molecule has 0 saturated heterocycles. The van der Waals surface area contributed by atoms with E-state index >= 15 is 0 Å². The number of nitrogens with one attached hydrogen (secondary N) is 1. The lowest BCUT2D eigenvalue weighted by molar-refractivity contribution is -0.124. The van der Waals surface area contributed by atoms with Crippen LogP contribution in [0.1, 0.15) is 39.5 Å². The number of amides is 1. The van der Waals surface area contributed by atoms with Crippen LogP contribution in [0.15, 0.2) is 0 Å². The van der Waals surface area contributed by atoms with E-state index in [4.69, 9.17) is 5.11 Å². The van der Waals surface area contributed by atoms with Crippen LogP contribution in [0.2, 0.25) is 0 Å². The van der Waals surface area contributed by atoms with Crippen molar-refractivity contribution < 1.29 is 9.90 Å². The summed E-state index contributed by atoms with van der Waals surface area (Å²) >= 11 is 0. The molecule has 0 bridgehead atoms. The van der Waals surface area contributed by atoms with E-state index in [-0.39, 0.29) is 11.9 Å². The third kappa shape index (κ3) is 6.16. The van der Waals surface area contributed by atoms with Gasteiger partial charge >= 0.3 is 0 Å². The van der Waals surface area contributed by atoms with Crippen LogP contribution in [-0.4, -0.2) is 23.7 Å². The molecule has 1 unspecified atom stereocenters. The minimum absolute atomic E-state index is 0.191. The van der Waals surface area contributed by atoms with Crippen LogP contribution >= 0.6 is 0 Å². The van der Waals surface area contributed by atoms with Crippen molar-refractivity contribution in [3.05, 3.63) is 0 Å². The molecule has 72 valence electrons. The van der Waals surface area contributed by atoms with Crippen molar-refractivity contribution in [2.45, 2.75) is 45.6 Å². The molecular formula is C9H19NO2. The van der Waals surface area contributed by atoms with Crippen LogP contribution in [0.4, 0.5) is 0 Å². The Labute approximate surface area is 74.2 Å². The van der Waals surface area contributed by atoms with Crippen molar-refractivity contribution in [1.82, 2.24) is 5.32 Å². The first-order chi connectivity index (χ1) is 5.70. The largest absolute Gasteiger partial charge is 0.387 e. The van der Waals surface area contributed by atoms with Gasteiger partial charge in [-0.2, -0.15) is 0 Å². The Bertz CT molecular complexity index is 126. The molecule has 2 N–H and O–H groups in total. The van der Waals surface area contributed by atoms with E-state index < -0.39 is 6.61 Å². The van der Waals surface area contributed by atoms with Gasteiger partial charge in [0.2, 0.25) is 5.91 Å². The summed E-state index contributed by atoms with van der Waals surface area (Å²) in [4.78, 5) is 10.7. The number of hydrogen-bond acceptors (Lipinski definition) is 2. The Morgan fingerprint density at radius 2 is 2.17 bits per heavy atom. The Kier molecular flexibility index (Phi) is 6.76. The van der Waals surface area contributed by atoms with Gasteiger partial charge in [-0.25, -0.2) is 0 Å². The van der Waals surface area contributed by atoms with Gasteiger partial charge in [0.05, 0.1) is 0 Å². The van der Waals surface area contributed by atoms with Crippen molar-refractivity contribution in [3.8, 4) is 0 Å². The summed E-state index contributed by atoms with van der Waals surface area (Å²) in [5.41, 5.74) is 0. The van der Waals surface area contributed by atoms with E-state index in [0.29, 0.717) is 0 Å². The Morgan fingerprint density at radius 1 is 1.50 bits per heavy atom. The number of aliphatic hydroxyl groups is 1. The van der Waals surface area contributed by atoms with Crippen LogP contribution in [0, 0.1) is 0 Å². The molecule has 0 saturated carbocycles. The molecule has 3 nitrogen and oxygen atoms in total. The molecule has 0 aromatic rings. The molecule has 0 aromatic heterocycles. The zero-order valence-electron chi connectivity index (χ0n) is 7.97. The van der Waals surface area contributed by atoms with E-state index in [1.807, 2.05) is 6.92 Å². The maximum Gasteiger partial charge on any atom is 0.245 e. The average molecular weight is 173 g/mol. The first kappa shape index (κ1) is 11.4. The van der Waals surface area contributed by atoms with Crippen molar-refractivity contribution in [3.63, 3.8) is 0 Å². The van der Waals surface area contributed by atoms with Gasteiger partial charge in [-0.3, -0.25) is 4.79 Å². The summed E-state index contributed by atoms with van der Waals surface area (Å²) in [7, 11) is 0. The molecule has 3 heteroatoms. The highest BCUT2D eigenvalue weighted by molar-refractivity contribution is 5.77. The first-order valence-corrected chi connectivity index (χ1v) is 4.61. The summed E-state index contributed by atoms with van der Waals surface area (Å²) in [5, 5.41) is 11.1. The molecule has 1 amide bonds. The van der Waals surface area contributed by atoms with Crippen LogP contribution in [-0.2, 0) is 4.79 Å². The summed E-state index contributed by atoms with van der Waals surface area (Å²) in [6, 6.07) is 0.191. The lowest BCUT2D eigenvalue weighted by Gasteiger charge is -2.11. The second-order valence-corrected chi connectivity index (χ2v) is 3.12. The smallest absolute Gasteiger partial charge is 0.245 e. The number of aliphatic hydroxyl groups excluding tert-OH is 1. The SMILES string of the molecule is CCCCCC(C)NC(=O)CO. The van der Waals surface area contributed by atoms with Gasteiger partial charge in [-0.05, 0) is 13.3 Å². The molecule has 1 atom stereocenters. The quantitative estimate of drug-likeness (QED) is 0.590. The van der Waals surface area contributed by atoms with Crippen molar-refractivity contribution in [2.75, 3.05) is 6.61 Å². The normalized spacial score (nSPS) is 12.6. The minimum atomic E-state index is -0.405. The molecule has 0 heterocycles. The van der Waals surface area contributed by atoms with Crippen LogP contribution in [0.3, 0.4) is 0 Å². The van der Waals surface area contributed by atoms with Crippen molar-refractivity contribution >= 4 is 5.91 Å². The van der Waals surface area contributed by atoms with Crippen molar-refractivity contribution in [2.24, 2.45) is 0 Å². The highest BCUT2D eigenvalue weighted by Crippen LogP contribution is 2.02. The predicted octanol–water partition coefficient (Wildman–Crippen LogP) is 1.06. The number of carbonyl (C=O) groups is 1. The van der Waals surface area contributed by atoms with E-state index in [1.54, 1.807) is 0 Å². The fraction of sp³-hybridized carbons (Fsp3) is 0.889. The molecule has 0 aliphatic heterocycles. The van der Waals surface area contributed by atoms with Gasteiger partial charge in [-0.1, -0.05) is 26.2 Å². The zero-order valence-corrected chi connectivity index (χ0v) is 7.97. The molecule has 0 aliphatic carbocycles.